The van der Waals surface area contributed by atoms with Crippen molar-refractivity contribution in [3.63, 3.8) is 0 Å². The number of carbonyl (C=O) groups is 1. The molecule has 0 radical (unpaired) electrons. The average molecular weight is 200 g/mol. The summed E-state index contributed by atoms with van der Waals surface area (Å²) in [6.07, 6.45) is 5.95. The first-order chi connectivity index (χ1) is 7.25. The Hall–Kier alpha value is -1.11. The number of hydrogen-bond acceptors (Lipinski definition) is 1. The first kappa shape index (κ1) is 9.14. The second kappa shape index (κ2) is 3.19. The molecule has 1 nitrogen and oxygen atoms in total. The highest BCUT2D eigenvalue weighted by molar-refractivity contribution is 6.02. The van der Waals surface area contributed by atoms with Gasteiger partial charge in [0, 0.05) is 11.5 Å². The maximum Gasteiger partial charge on any atom is 0.166 e. The van der Waals surface area contributed by atoms with Crippen LogP contribution in [0.1, 0.15) is 46.8 Å². The average Bonchev–Trinajstić information content (AvgIpc) is 2.52. The Kier molecular flexibility index (Phi) is 1.95. The zero-order valence-corrected chi connectivity index (χ0v) is 9.18. The molecule has 0 aliphatic heterocycles. The van der Waals surface area contributed by atoms with Gasteiger partial charge < -0.3 is 0 Å². The minimum Gasteiger partial charge on any atom is -0.294 e. The van der Waals surface area contributed by atoms with Crippen LogP contribution < -0.4 is 0 Å². The maximum absolute atomic E-state index is 11.9. The molecule has 0 fully saturated rings. The zero-order chi connectivity index (χ0) is 10.4. The van der Waals surface area contributed by atoms with Crippen molar-refractivity contribution in [2.45, 2.75) is 39.0 Å². The summed E-state index contributed by atoms with van der Waals surface area (Å²) in [7, 11) is 0. The Morgan fingerprint density at radius 2 is 1.73 bits per heavy atom. The Balaban J connectivity index is 2.12. The lowest BCUT2D eigenvalue weighted by Gasteiger charge is -2.16. The predicted octanol–water partition coefficient (Wildman–Crippen LogP) is 2.94. The van der Waals surface area contributed by atoms with Gasteiger partial charge in [0.2, 0.25) is 0 Å². The van der Waals surface area contributed by atoms with Gasteiger partial charge in [-0.15, -0.1) is 0 Å². The van der Waals surface area contributed by atoms with Crippen LogP contribution >= 0.6 is 0 Å². The molecular formula is C14H16O. The third kappa shape index (κ3) is 1.33. The summed E-state index contributed by atoms with van der Waals surface area (Å²) in [5.41, 5.74) is 5.25. The molecule has 2 aliphatic rings. The quantitative estimate of drug-likeness (QED) is 0.629. The molecule has 1 aromatic carbocycles. The number of aryl methyl sites for hydroxylation is 2. The molecule has 1 unspecified atom stereocenters. The van der Waals surface area contributed by atoms with Gasteiger partial charge in [0.05, 0.1) is 0 Å². The number of Topliss-reactive ketones (excluding diaryl/α,β-unsaturated/α-hetero) is 1. The summed E-state index contributed by atoms with van der Waals surface area (Å²) in [6, 6.07) is 4.47. The second-order valence-corrected chi connectivity index (χ2v) is 4.95. The molecule has 0 bridgehead atoms. The van der Waals surface area contributed by atoms with Gasteiger partial charge in [0.15, 0.2) is 5.78 Å². The highest BCUT2D eigenvalue weighted by Crippen LogP contribution is 2.32. The SMILES string of the molecule is CC1Cc2cc3c(cc2C1=O)CCCC3. The molecule has 1 heteroatoms. The largest absolute Gasteiger partial charge is 0.294 e. The minimum atomic E-state index is 0.212. The first-order valence-corrected chi connectivity index (χ1v) is 5.94. The molecule has 0 N–H and O–H groups in total. The van der Waals surface area contributed by atoms with E-state index in [-0.39, 0.29) is 5.92 Å². The Bertz CT molecular complexity index is 431. The Morgan fingerprint density at radius 3 is 2.47 bits per heavy atom. The van der Waals surface area contributed by atoms with Crippen molar-refractivity contribution >= 4 is 5.78 Å². The summed E-state index contributed by atoms with van der Waals surface area (Å²) in [6.45, 7) is 2.04. The van der Waals surface area contributed by atoms with Crippen molar-refractivity contribution in [3.05, 3.63) is 34.4 Å². The van der Waals surface area contributed by atoms with E-state index < -0.39 is 0 Å². The third-order valence-electron chi connectivity index (χ3n) is 3.81. The van der Waals surface area contributed by atoms with Gasteiger partial charge in [0.1, 0.15) is 0 Å². The van der Waals surface area contributed by atoms with Crippen LogP contribution in [0.4, 0.5) is 0 Å². The molecule has 0 spiro atoms. The van der Waals surface area contributed by atoms with Crippen LogP contribution in [0.3, 0.4) is 0 Å². The molecule has 0 saturated heterocycles. The summed E-state index contributed by atoms with van der Waals surface area (Å²) < 4.78 is 0. The Labute approximate surface area is 90.5 Å². The van der Waals surface area contributed by atoms with Crippen molar-refractivity contribution in [1.82, 2.24) is 0 Å². The molecule has 1 aromatic rings. The molecule has 0 saturated carbocycles. The molecular weight excluding hydrogens is 184 g/mol. The van der Waals surface area contributed by atoms with Crippen LogP contribution in [0.15, 0.2) is 12.1 Å². The number of fused-ring (bicyclic) bond motifs is 2. The number of ketones is 1. The molecule has 0 amide bonds. The molecule has 15 heavy (non-hydrogen) atoms. The molecule has 0 aromatic heterocycles. The molecule has 78 valence electrons. The third-order valence-corrected chi connectivity index (χ3v) is 3.81. The summed E-state index contributed by atoms with van der Waals surface area (Å²) in [5.74, 6) is 0.572. The minimum absolute atomic E-state index is 0.212. The van der Waals surface area contributed by atoms with E-state index in [4.69, 9.17) is 0 Å². The molecule has 1 atom stereocenters. The summed E-state index contributed by atoms with van der Waals surface area (Å²) in [4.78, 5) is 11.9. The fourth-order valence-corrected chi connectivity index (χ4v) is 2.92. The summed E-state index contributed by atoms with van der Waals surface area (Å²) in [5, 5.41) is 0. The molecule has 2 aliphatic carbocycles. The smallest absolute Gasteiger partial charge is 0.166 e. The lowest BCUT2D eigenvalue weighted by molar-refractivity contribution is 0.0946. The van der Waals surface area contributed by atoms with Crippen molar-refractivity contribution < 1.29 is 4.79 Å². The van der Waals surface area contributed by atoms with Gasteiger partial charge in [-0.2, -0.15) is 0 Å². The zero-order valence-electron chi connectivity index (χ0n) is 9.18. The van der Waals surface area contributed by atoms with Gasteiger partial charge in [-0.05, 0) is 54.9 Å². The van der Waals surface area contributed by atoms with Gasteiger partial charge in [-0.25, -0.2) is 0 Å². The van der Waals surface area contributed by atoms with Gasteiger partial charge in [-0.3, -0.25) is 4.79 Å². The first-order valence-electron chi connectivity index (χ1n) is 5.94. The second-order valence-electron chi connectivity index (χ2n) is 4.95. The van der Waals surface area contributed by atoms with E-state index in [1.54, 1.807) is 0 Å². The maximum atomic E-state index is 11.9. The van der Waals surface area contributed by atoms with E-state index in [1.807, 2.05) is 6.92 Å². The molecule has 3 rings (SSSR count). The van der Waals surface area contributed by atoms with E-state index in [2.05, 4.69) is 12.1 Å². The normalized spacial score (nSPS) is 23.8. The fraction of sp³-hybridized carbons (Fsp3) is 0.500. The highest BCUT2D eigenvalue weighted by atomic mass is 16.1. The van der Waals surface area contributed by atoms with E-state index >= 15 is 0 Å². The van der Waals surface area contributed by atoms with Gasteiger partial charge in [-0.1, -0.05) is 13.0 Å². The Morgan fingerprint density at radius 1 is 1.07 bits per heavy atom. The van der Waals surface area contributed by atoms with Crippen molar-refractivity contribution in [3.8, 4) is 0 Å². The van der Waals surface area contributed by atoms with E-state index in [1.165, 1.54) is 42.4 Å². The van der Waals surface area contributed by atoms with Crippen molar-refractivity contribution in [2.24, 2.45) is 5.92 Å². The van der Waals surface area contributed by atoms with E-state index in [0.29, 0.717) is 5.78 Å². The van der Waals surface area contributed by atoms with Crippen LogP contribution in [-0.2, 0) is 19.3 Å². The molecule has 0 heterocycles. The van der Waals surface area contributed by atoms with Crippen LogP contribution in [0.5, 0.6) is 0 Å². The van der Waals surface area contributed by atoms with Crippen LogP contribution in [-0.4, -0.2) is 5.78 Å². The number of hydrogen-bond donors (Lipinski definition) is 0. The fourth-order valence-electron chi connectivity index (χ4n) is 2.92. The van der Waals surface area contributed by atoms with Crippen molar-refractivity contribution in [1.29, 1.82) is 0 Å². The highest BCUT2D eigenvalue weighted by Gasteiger charge is 2.28. The lowest BCUT2D eigenvalue weighted by Crippen LogP contribution is -2.06. The number of carbonyl (C=O) groups excluding carboxylic acids is 1. The number of benzene rings is 1. The van der Waals surface area contributed by atoms with Crippen molar-refractivity contribution in [2.75, 3.05) is 0 Å². The van der Waals surface area contributed by atoms with Gasteiger partial charge >= 0.3 is 0 Å². The lowest BCUT2D eigenvalue weighted by atomic mass is 9.89. The van der Waals surface area contributed by atoms with E-state index in [0.717, 1.165) is 12.0 Å². The van der Waals surface area contributed by atoms with Crippen LogP contribution in [0.25, 0.3) is 0 Å². The standard InChI is InChI=1S/C14H16O/c1-9-6-12-7-10-4-2-3-5-11(10)8-13(12)14(9)15/h7-9H,2-6H2,1H3. The predicted molar refractivity (Wildman–Crippen MR) is 60.3 cm³/mol. The number of rotatable bonds is 0. The monoisotopic (exact) mass is 200 g/mol. The summed E-state index contributed by atoms with van der Waals surface area (Å²) >= 11 is 0. The van der Waals surface area contributed by atoms with Gasteiger partial charge in [0.25, 0.3) is 0 Å². The van der Waals surface area contributed by atoms with Crippen LogP contribution in [0.2, 0.25) is 0 Å². The topological polar surface area (TPSA) is 17.1 Å². The van der Waals surface area contributed by atoms with E-state index in [9.17, 15) is 4.79 Å². The van der Waals surface area contributed by atoms with Crippen LogP contribution in [0, 0.1) is 5.92 Å².